The molecule has 2 heterocycles. The van der Waals surface area contributed by atoms with Crippen molar-refractivity contribution in [3.63, 3.8) is 0 Å². The summed E-state index contributed by atoms with van der Waals surface area (Å²) in [5.41, 5.74) is 6.89. The minimum absolute atomic E-state index is 0.0330. The predicted molar refractivity (Wildman–Crippen MR) is 77.3 cm³/mol. The fourth-order valence-corrected chi connectivity index (χ4v) is 3.62. The molecule has 2 rings (SSSR count). The quantitative estimate of drug-likeness (QED) is 0.846. The third kappa shape index (κ3) is 3.45. The van der Waals surface area contributed by atoms with Crippen LogP contribution in [-0.4, -0.2) is 13.4 Å². The first-order valence-electron chi connectivity index (χ1n) is 5.83. The maximum atomic E-state index is 12.2. The Morgan fingerprint density at radius 2 is 2.20 bits per heavy atom. The van der Waals surface area contributed by atoms with Gasteiger partial charge in [-0.1, -0.05) is 6.07 Å². The Morgan fingerprint density at radius 1 is 1.45 bits per heavy atom. The number of aromatic nitrogens is 1. The number of nitrogens with zero attached hydrogens (tertiary/aromatic N) is 1. The molecule has 0 atom stereocenters. The summed E-state index contributed by atoms with van der Waals surface area (Å²) in [6.07, 6.45) is 0. The summed E-state index contributed by atoms with van der Waals surface area (Å²) in [6, 6.07) is 6.83. The van der Waals surface area contributed by atoms with Crippen molar-refractivity contribution in [2.24, 2.45) is 5.73 Å². The van der Waals surface area contributed by atoms with Crippen LogP contribution < -0.4 is 10.5 Å². The van der Waals surface area contributed by atoms with Gasteiger partial charge in [-0.05, 0) is 35.0 Å². The number of nitrogens with one attached hydrogen (secondary N) is 1. The highest BCUT2D eigenvalue weighted by Gasteiger charge is 2.22. The Labute approximate surface area is 125 Å². The molecule has 8 heteroatoms. The van der Waals surface area contributed by atoms with Crippen LogP contribution >= 0.6 is 15.9 Å². The molecular formula is C12H14BrN3O3S. The van der Waals surface area contributed by atoms with Gasteiger partial charge in [-0.15, -0.1) is 0 Å². The largest absolute Gasteiger partial charge is 0.452 e. The number of halogens is 1. The molecular weight excluding hydrogens is 346 g/mol. The smallest absolute Gasteiger partial charge is 0.245 e. The van der Waals surface area contributed by atoms with E-state index in [1.807, 2.05) is 19.1 Å². The number of nitrogens with two attached hydrogens (primary N) is 1. The van der Waals surface area contributed by atoms with E-state index in [-0.39, 0.29) is 22.7 Å². The minimum atomic E-state index is -3.68. The van der Waals surface area contributed by atoms with E-state index in [0.717, 1.165) is 5.69 Å². The van der Waals surface area contributed by atoms with Gasteiger partial charge in [0.05, 0.1) is 18.8 Å². The summed E-state index contributed by atoms with van der Waals surface area (Å²) < 4.78 is 32.1. The highest BCUT2D eigenvalue weighted by Crippen LogP contribution is 2.25. The highest BCUT2D eigenvalue weighted by molar-refractivity contribution is 9.10. The lowest BCUT2D eigenvalue weighted by Gasteiger charge is -2.05. The van der Waals surface area contributed by atoms with Gasteiger partial charge in [-0.2, -0.15) is 0 Å². The molecule has 2 aromatic rings. The SMILES string of the molecule is Cc1cccc(CNS(=O)(=O)c2cc(CN)oc2Br)n1. The van der Waals surface area contributed by atoms with Crippen LogP contribution in [0.5, 0.6) is 0 Å². The standard InChI is InChI=1S/C12H14BrN3O3S/c1-8-3-2-4-9(16-8)7-15-20(17,18)11-5-10(6-14)19-12(11)13/h2-5,15H,6-7,14H2,1H3. The molecule has 20 heavy (non-hydrogen) atoms. The van der Waals surface area contributed by atoms with Gasteiger partial charge in [-0.25, -0.2) is 13.1 Å². The van der Waals surface area contributed by atoms with Gasteiger partial charge in [-0.3, -0.25) is 4.98 Å². The second-order valence-corrected chi connectivity index (χ2v) is 6.61. The summed E-state index contributed by atoms with van der Waals surface area (Å²) in [5.74, 6) is 0.394. The van der Waals surface area contributed by atoms with Crippen LogP contribution in [0.25, 0.3) is 0 Å². The number of aryl methyl sites for hydroxylation is 1. The average Bonchev–Trinajstić information content (AvgIpc) is 2.79. The maximum Gasteiger partial charge on any atom is 0.245 e. The fourth-order valence-electron chi connectivity index (χ4n) is 1.63. The van der Waals surface area contributed by atoms with Crippen LogP contribution in [0.1, 0.15) is 17.1 Å². The van der Waals surface area contributed by atoms with Gasteiger partial charge in [0.2, 0.25) is 10.0 Å². The molecule has 0 bridgehead atoms. The molecule has 0 unspecified atom stereocenters. The van der Waals surface area contributed by atoms with Crippen LogP contribution in [0.3, 0.4) is 0 Å². The van der Waals surface area contributed by atoms with E-state index in [1.54, 1.807) is 6.07 Å². The molecule has 0 fully saturated rings. The summed E-state index contributed by atoms with van der Waals surface area (Å²) in [7, 11) is -3.68. The molecule has 0 aromatic carbocycles. The van der Waals surface area contributed by atoms with Crippen LogP contribution in [0.2, 0.25) is 0 Å². The normalized spacial score (nSPS) is 11.8. The van der Waals surface area contributed by atoms with Gasteiger partial charge < -0.3 is 10.2 Å². The Hall–Kier alpha value is -1.22. The van der Waals surface area contributed by atoms with Crippen molar-refractivity contribution in [2.45, 2.75) is 24.9 Å². The van der Waals surface area contributed by atoms with Crippen molar-refractivity contribution >= 4 is 26.0 Å². The lowest BCUT2D eigenvalue weighted by Crippen LogP contribution is -2.23. The molecule has 108 valence electrons. The minimum Gasteiger partial charge on any atom is -0.452 e. The zero-order valence-corrected chi connectivity index (χ0v) is 13.2. The van der Waals surface area contributed by atoms with Crippen LogP contribution in [0.4, 0.5) is 0 Å². The zero-order chi connectivity index (χ0) is 14.8. The average molecular weight is 360 g/mol. The van der Waals surface area contributed by atoms with E-state index < -0.39 is 10.0 Å². The zero-order valence-electron chi connectivity index (χ0n) is 10.8. The van der Waals surface area contributed by atoms with Crippen LogP contribution in [0, 0.1) is 6.92 Å². The first-order valence-corrected chi connectivity index (χ1v) is 8.10. The summed E-state index contributed by atoms with van der Waals surface area (Å²) in [6.45, 7) is 2.09. The molecule has 0 spiro atoms. The van der Waals surface area contributed by atoms with Crippen molar-refractivity contribution in [2.75, 3.05) is 0 Å². The van der Waals surface area contributed by atoms with Gasteiger partial charge in [0.15, 0.2) is 4.67 Å². The van der Waals surface area contributed by atoms with E-state index in [4.69, 9.17) is 10.2 Å². The third-order valence-corrected chi connectivity index (χ3v) is 4.84. The van der Waals surface area contributed by atoms with E-state index in [9.17, 15) is 8.42 Å². The number of rotatable bonds is 5. The number of hydrogen-bond donors (Lipinski definition) is 2. The van der Waals surface area contributed by atoms with Gasteiger partial charge >= 0.3 is 0 Å². The van der Waals surface area contributed by atoms with Crippen molar-refractivity contribution in [1.82, 2.24) is 9.71 Å². The Bertz CT molecular complexity index is 712. The lowest BCUT2D eigenvalue weighted by atomic mass is 10.3. The fraction of sp³-hybridized carbons (Fsp3) is 0.250. The molecule has 0 aliphatic rings. The monoisotopic (exact) mass is 359 g/mol. The number of pyridine rings is 1. The topological polar surface area (TPSA) is 98.2 Å². The van der Waals surface area contributed by atoms with Crippen LogP contribution in [0.15, 0.2) is 38.2 Å². The molecule has 0 aliphatic heterocycles. The molecule has 0 saturated heterocycles. The van der Waals surface area contributed by atoms with Gasteiger partial charge in [0.25, 0.3) is 0 Å². The molecule has 6 nitrogen and oxygen atoms in total. The highest BCUT2D eigenvalue weighted by atomic mass is 79.9. The predicted octanol–water partition coefficient (Wildman–Crippen LogP) is 1.68. The first kappa shape index (κ1) is 15.2. The van der Waals surface area contributed by atoms with Crippen molar-refractivity contribution in [3.05, 3.63) is 46.1 Å². The van der Waals surface area contributed by atoms with E-state index in [0.29, 0.717) is 11.5 Å². The van der Waals surface area contributed by atoms with Crippen molar-refractivity contribution < 1.29 is 12.8 Å². The van der Waals surface area contributed by atoms with Crippen LogP contribution in [-0.2, 0) is 23.1 Å². The number of sulfonamides is 1. The molecule has 0 radical (unpaired) electrons. The third-order valence-electron chi connectivity index (χ3n) is 2.59. The molecule has 2 aromatic heterocycles. The maximum absolute atomic E-state index is 12.2. The van der Waals surface area contributed by atoms with Gasteiger partial charge in [0, 0.05) is 11.8 Å². The molecule has 3 N–H and O–H groups in total. The summed E-state index contributed by atoms with van der Waals surface area (Å²) >= 11 is 3.07. The molecule has 0 saturated carbocycles. The van der Waals surface area contributed by atoms with Gasteiger partial charge in [0.1, 0.15) is 10.7 Å². The van der Waals surface area contributed by atoms with Crippen molar-refractivity contribution in [1.29, 1.82) is 0 Å². The Kier molecular flexibility index (Phi) is 4.59. The lowest BCUT2D eigenvalue weighted by molar-refractivity contribution is 0.483. The molecule has 0 amide bonds. The Morgan fingerprint density at radius 3 is 2.80 bits per heavy atom. The van der Waals surface area contributed by atoms with Crippen molar-refractivity contribution in [3.8, 4) is 0 Å². The number of hydrogen-bond acceptors (Lipinski definition) is 5. The van der Waals surface area contributed by atoms with E-state index in [1.165, 1.54) is 6.07 Å². The second-order valence-electron chi connectivity index (χ2n) is 4.15. The van der Waals surface area contributed by atoms with E-state index >= 15 is 0 Å². The second kappa shape index (κ2) is 6.04. The summed E-state index contributed by atoms with van der Waals surface area (Å²) in [5, 5.41) is 0. The Balaban J connectivity index is 2.17. The number of furan rings is 1. The molecule has 0 aliphatic carbocycles. The summed E-state index contributed by atoms with van der Waals surface area (Å²) in [4.78, 5) is 4.26. The van der Waals surface area contributed by atoms with E-state index in [2.05, 4.69) is 25.6 Å². The first-order chi connectivity index (χ1) is 9.42.